The van der Waals surface area contributed by atoms with Crippen molar-refractivity contribution in [1.82, 2.24) is 0 Å². The third kappa shape index (κ3) is 3.74. The quantitative estimate of drug-likeness (QED) is 0.183. The number of hydrogen-bond acceptors (Lipinski definition) is 2. The second-order valence-corrected chi connectivity index (χ2v) is 13.1. The normalized spacial score (nSPS) is 11.9. The number of hydrogen-bond donors (Lipinski definition) is 0. The minimum Gasteiger partial charge on any atom is -0.455 e. The van der Waals surface area contributed by atoms with Crippen LogP contribution >= 0.6 is 11.3 Å². The van der Waals surface area contributed by atoms with E-state index >= 15 is 0 Å². The molecular formula is C44H26OS. The van der Waals surface area contributed by atoms with Crippen LogP contribution in [0.5, 0.6) is 0 Å². The molecule has 0 aliphatic heterocycles. The Morgan fingerprint density at radius 3 is 1.70 bits per heavy atom. The molecule has 0 atom stereocenters. The van der Waals surface area contributed by atoms with Gasteiger partial charge in [-0.05, 0) is 73.3 Å². The molecule has 0 N–H and O–H groups in total. The van der Waals surface area contributed by atoms with Crippen molar-refractivity contribution in [3.8, 4) is 33.6 Å². The summed E-state index contributed by atoms with van der Waals surface area (Å²) in [5.74, 6) is 0.917. The minimum absolute atomic E-state index is 0.916. The Kier molecular flexibility index (Phi) is 5.51. The SMILES string of the molecule is c1ccc(-c2c(-c3c4ccccc4c(-c4ccc5ccccc5c4)c4ccccc34)oc3cc4sc5ccccc5c4cc23)cc1. The minimum atomic E-state index is 0.916. The fourth-order valence-corrected chi connectivity index (χ4v) is 8.53. The molecule has 2 heterocycles. The van der Waals surface area contributed by atoms with Crippen LogP contribution in [0.1, 0.15) is 0 Å². The summed E-state index contributed by atoms with van der Waals surface area (Å²) in [5.41, 5.74) is 6.82. The van der Waals surface area contributed by atoms with Gasteiger partial charge < -0.3 is 4.42 Å². The lowest BCUT2D eigenvalue weighted by atomic mass is 9.85. The van der Waals surface area contributed by atoms with E-state index in [1.54, 1.807) is 0 Å². The summed E-state index contributed by atoms with van der Waals surface area (Å²) in [5, 5.41) is 11.0. The highest BCUT2D eigenvalue weighted by atomic mass is 32.1. The van der Waals surface area contributed by atoms with Gasteiger partial charge in [-0.25, -0.2) is 0 Å². The molecule has 0 bridgehead atoms. The fourth-order valence-electron chi connectivity index (χ4n) is 7.41. The average molecular weight is 603 g/mol. The van der Waals surface area contributed by atoms with Crippen LogP contribution in [-0.2, 0) is 0 Å². The van der Waals surface area contributed by atoms with E-state index in [9.17, 15) is 0 Å². The molecule has 1 nitrogen and oxygen atoms in total. The third-order valence-electron chi connectivity index (χ3n) is 9.45. The molecule has 2 aromatic heterocycles. The molecule has 10 rings (SSSR count). The molecule has 214 valence electrons. The van der Waals surface area contributed by atoms with Crippen molar-refractivity contribution in [2.45, 2.75) is 0 Å². The van der Waals surface area contributed by atoms with Gasteiger partial charge in [0.05, 0.1) is 0 Å². The van der Waals surface area contributed by atoms with Crippen molar-refractivity contribution in [3.63, 3.8) is 0 Å². The van der Waals surface area contributed by atoms with Gasteiger partial charge >= 0.3 is 0 Å². The lowest BCUT2D eigenvalue weighted by Gasteiger charge is -2.17. The predicted octanol–water partition coefficient (Wildman–Crippen LogP) is 13.3. The number of thiophene rings is 1. The molecule has 0 fully saturated rings. The second-order valence-electron chi connectivity index (χ2n) is 12.0. The molecule has 46 heavy (non-hydrogen) atoms. The van der Waals surface area contributed by atoms with E-state index in [0.29, 0.717) is 0 Å². The van der Waals surface area contributed by atoms with Gasteiger partial charge in [0.1, 0.15) is 11.3 Å². The van der Waals surface area contributed by atoms with Crippen LogP contribution in [0.25, 0.3) is 97.0 Å². The summed E-state index contributed by atoms with van der Waals surface area (Å²) in [6, 6.07) is 57.1. The zero-order chi connectivity index (χ0) is 30.2. The maximum Gasteiger partial charge on any atom is 0.144 e. The molecule has 0 saturated carbocycles. The second kappa shape index (κ2) is 9.90. The molecule has 0 saturated heterocycles. The van der Waals surface area contributed by atoms with Gasteiger partial charge in [0.25, 0.3) is 0 Å². The Hall–Kier alpha value is -5.70. The predicted molar refractivity (Wildman–Crippen MR) is 198 cm³/mol. The molecule has 0 amide bonds. The Balaban J connectivity index is 1.35. The molecule has 0 aliphatic rings. The van der Waals surface area contributed by atoms with Crippen molar-refractivity contribution >= 4 is 74.8 Å². The smallest absolute Gasteiger partial charge is 0.144 e. The van der Waals surface area contributed by atoms with Crippen molar-refractivity contribution < 1.29 is 4.42 Å². The van der Waals surface area contributed by atoms with Crippen LogP contribution in [0.2, 0.25) is 0 Å². The zero-order valence-corrected chi connectivity index (χ0v) is 25.6. The van der Waals surface area contributed by atoms with Gasteiger partial charge in [-0.3, -0.25) is 0 Å². The highest BCUT2D eigenvalue weighted by Gasteiger charge is 2.24. The van der Waals surface area contributed by atoms with Crippen LogP contribution in [0.15, 0.2) is 162 Å². The van der Waals surface area contributed by atoms with Gasteiger partial charge in [0.15, 0.2) is 0 Å². The monoisotopic (exact) mass is 602 g/mol. The van der Waals surface area contributed by atoms with Crippen molar-refractivity contribution in [2.75, 3.05) is 0 Å². The third-order valence-corrected chi connectivity index (χ3v) is 10.6. The molecule has 0 aliphatic carbocycles. The standard InChI is InChI=1S/C44H26OS/c1-2-13-28(14-3-1)42-37-25-36-31-16-10-11-21-39(31)46-40(36)26-38(37)45-44(42)43-34-19-8-6-17-32(34)41(33-18-7-9-20-35(33)43)30-23-22-27-12-4-5-15-29(27)24-30/h1-26H. The highest BCUT2D eigenvalue weighted by molar-refractivity contribution is 7.25. The molecule has 2 heteroatoms. The van der Waals surface area contributed by atoms with Crippen LogP contribution in [0.4, 0.5) is 0 Å². The van der Waals surface area contributed by atoms with Crippen molar-refractivity contribution in [1.29, 1.82) is 0 Å². The molecule has 0 unspecified atom stereocenters. The summed E-state index contributed by atoms with van der Waals surface area (Å²) in [6.07, 6.45) is 0. The summed E-state index contributed by atoms with van der Waals surface area (Å²) in [4.78, 5) is 0. The van der Waals surface area contributed by atoms with Gasteiger partial charge in [-0.15, -0.1) is 11.3 Å². The number of fused-ring (bicyclic) bond motifs is 7. The van der Waals surface area contributed by atoms with Crippen molar-refractivity contribution in [3.05, 3.63) is 158 Å². The Morgan fingerprint density at radius 2 is 0.957 bits per heavy atom. The maximum atomic E-state index is 7.07. The summed E-state index contributed by atoms with van der Waals surface area (Å²) in [7, 11) is 0. The number of rotatable bonds is 3. The maximum absolute atomic E-state index is 7.07. The van der Waals surface area contributed by atoms with Crippen molar-refractivity contribution in [2.24, 2.45) is 0 Å². The zero-order valence-electron chi connectivity index (χ0n) is 24.8. The van der Waals surface area contributed by atoms with Gasteiger partial charge in [0, 0.05) is 36.7 Å². The molecule has 0 radical (unpaired) electrons. The van der Waals surface area contributed by atoms with Crippen LogP contribution in [0, 0.1) is 0 Å². The largest absolute Gasteiger partial charge is 0.455 e. The van der Waals surface area contributed by atoms with E-state index in [1.165, 1.54) is 63.6 Å². The van der Waals surface area contributed by atoms with Crippen LogP contribution < -0.4 is 0 Å². The van der Waals surface area contributed by atoms with E-state index in [0.717, 1.165) is 33.4 Å². The number of benzene rings is 8. The lowest BCUT2D eigenvalue weighted by Crippen LogP contribution is -1.91. The highest BCUT2D eigenvalue weighted by Crippen LogP contribution is 2.50. The summed E-state index contributed by atoms with van der Waals surface area (Å²) >= 11 is 1.83. The number of furan rings is 1. The van der Waals surface area contributed by atoms with Gasteiger partial charge in [-0.1, -0.05) is 133 Å². The molecule has 0 spiro atoms. The van der Waals surface area contributed by atoms with Gasteiger partial charge in [-0.2, -0.15) is 0 Å². The first-order valence-corrected chi connectivity index (χ1v) is 16.5. The van der Waals surface area contributed by atoms with E-state index in [1.807, 2.05) is 11.3 Å². The van der Waals surface area contributed by atoms with E-state index in [4.69, 9.17) is 4.42 Å². The first kappa shape index (κ1) is 25.6. The summed E-state index contributed by atoms with van der Waals surface area (Å²) < 4.78 is 9.61. The van der Waals surface area contributed by atoms with Gasteiger partial charge in [0.2, 0.25) is 0 Å². The lowest BCUT2D eigenvalue weighted by molar-refractivity contribution is 0.634. The van der Waals surface area contributed by atoms with E-state index in [-0.39, 0.29) is 0 Å². The average Bonchev–Trinajstić information content (AvgIpc) is 3.67. The fraction of sp³-hybridized carbons (Fsp3) is 0. The molecule has 10 aromatic rings. The summed E-state index contributed by atoms with van der Waals surface area (Å²) in [6.45, 7) is 0. The molecule has 8 aromatic carbocycles. The van der Waals surface area contributed by atoms with Crippen LogP contribution in [-0.4, -0.2) is 0 Å². The first-order chi connectivity index (χ1) is 22.8. The Bertz CT molecular complexity index is 2740. The molecular weight excluding hydrogens is 577 g/mol. The Labute approximate surface area is 269 Å². The van der Waals surface area contributed by atoms with E-state index in [2.05, 4.69) is 158 Å². The van der Waals surface area contributed by atoms with E-state index < -0.39 is 0 Å². The van der Waals surface area contributed by atoms with Crippen LogP contribution in [0.3, 0.4) is 0 Å². The topological polar surface area (TPSA) is 13.1 Å². The first-order valence-electron chi connectivity index (χ1n) is 15.7. The Morgan fingerprint density at radius 1 is 0.348 bits per heavy atom.